The Hall–Kier alpha value is -2.76. The number of nitrogens with zero attached hydrogens (tertiary/aromatic N) is 2. The maximum absolute atomic E-state index is 13.1. The maximum atomic E-state index is 13.1. The van der Waals surface area contributed by atoms with Crippen molar-refractivity contribution in [3.05, 3.63) is 100 Å². The third kappa shape index (κ3) is 3.95. The number of carbonyl (C=O) groups is 2. The summed E-state index contributed by atoms with van der Waals surface area (Å²) in [4.78, 5) is 29.3. The maximum Gasteiger partial charge on any atom is 0.258 e. The number of hydrogen-bond donors (Lipinski definition) is 0. The predicted molar refractivity (Wildman–Crippen MR) is 125 cm³/mol. The number of para-hydroxylation sites is 1. The van der Waals surface area contributed by atoms with Gasteiger partial charge in [-0.1, -0.05) is 54.1 Å². The molecule has 5 rings (SSSR count). The van der Waals surface area contributed by atoms with Gasteiger partial charge in [-0.3, -0.25) is 9.59 Å². The Morgan fingerprint density at radius 1 is 1.00 bits per heavy atom. The number of hydrogen-bond acceptors (Lipinski definition) is 3. The SMILES string of the molecule is O=C(c1ccc([C@@H]2SCC(=O)N2Cc2ccc(Cl)cc2)cc1)N1CCc2ccccc21. The molecule has 1 atom stereocenters. The number of amides is 2. The Morgan fingerprint density at radius 3 is 2.52 bits per heavy atom. The lowest BCUT2D eigenvalue weighted by atomic mass is 10.1. The molecule has 2 amide bonds. The van der Waals surface area contributed by atoms with Crippen molar-refractivity contribution in [3.63, 3.8) is 0 Å². The van der Waals surface area contributed by atoms with E-state index < -0.39 is 0 Å². The number of halogens is 1. The van der Waals surface area contributed by atoms with Gasteiger partial charge in [-0.05, 0) is 53.4 Å². The summed E-state index contributed by atoms with van der Waals surface area (Å²) >= 11 is 7.60. The molecule has 0 spiro atoms. The van der Waals surface area contributed by atoms with Crippen LogP contribution in [0.15, 0.2) is 72.8 Å². The van der Waals surface area contributed by atoms with Crippen molar-refractivity contribution in [2.45, 2.75) is 18.3 Å². The molecule has 0 aliphatic carbocycles. The topological polar surface area (TPSA) is 40.6 Å². The molecule has 2 heterocycles. The molecule has 0 saturated carbocycles. The minimum Gasteiger partial charge on any atom is -0.322 e. The Morgan fingerprint density at radius 2 is 1.74 bits per heavy atom. The molecule has 31 heavy (non-hydrogen) atoms. The van der Waals surface area contributed by atoms with Gasteiger partial charge in [0.25, 0.3) is 5.91 Å². The zero-order valence-electron chi connectivity index (χ0n) is 16.8. The number of carbonyl (C=O) groups excluding carboxylic acids is 2. The summed E-state index contributed by atoms with van der Waals surface area (Å²) in [7, 11) is 0. The van der Waals surface area contributed by atoms with E-state index in [4.69, 9.17) is 11.6 Å². The largest absolute Gasteiger partial charge is 0.322 e. The fourth-order valence-corrected chi connectivity index (χ4v) is 5.50. The van der Waals surface area contributed by atoms with Gasteiger partial charge in [0.2, 0.25) is 5.91 Å². The van der Waals surface area contributed by atoms with Gasteiger partial charge in [0.1, 0.15) is 5.37 Å². The van der Waals surface area contributed by atoms with Crippen molar-refractivity contribution < 1.29 is 9.59 Å². The molecule has 0 radical (unpaired) electrons. The second-order valence-corrected chi connectivity index (χ2v) is 9.27. The summed E-state index contributed by atoms with van der Waals surface area (Å²) in [6.45, 7) is 1.25. The number of benzene rings is 3. The Bertz CT molecular complexity index is 1130. The first-order valence-corrected chi connectivity index (χ1v) is 11.7. The predicted octanol–water partition coefficient (Wildman–Crippen LogP) is 5.32. The van der Waals surface area contributed by atoms with Crippen LogP contribution in [-0.2, 0) is 17.8 Å². The van der Waals surface area contributed by atoms with Gasteiger partial charge in [0.05, 0.1) is 5.75 Å². The van der Waals surface area contributed by atoms with Crippen LogP contribution < -0.4 is 4.90 Å². The number of thioether (sulfide) groups is 1. The zero-order valence-corrected chi connectivity index (χ0v) is 18.4. The molecule has 3 aromatic rings. The van der Waals surface area contributed by atoms with Crippen LogP contribution in [0.5, 0.6) is 0 Å². The summed E-state index contributed by atoms with van der Waals surface area (Å²) in [5.41, 5.74) is 4.96. The van der Waals surface area contributed by atoms with Crippen LogP contribution in [-0.4, -0.2) is 29.0 Å². The van der Waals surface area contributed by atoms with Crippen molar-refractivity contribution in [1.82, 2.24) is 4.90 Å². The molecule has 4 nitrogen and oxygen atoms in total. The molecule has 0 aromatic heterocycles. The molecule has 2 aliphatic heterocycles. The van der Waals surface area contributed by atoms with E-state index in [1.165, 1.54) is 5.56 Å². The van der Waals surface area contributed by atoms with E-state index in [9.17, 15) is 9.59 Å². The van der Waals surface area contributed by atoms with Gasteiger partial charge < -0.3 is 9.80 Å². The van der Waals surface area contributed by atoms with Gasteiger partial charge in [-0.25, -0.2) is 0 Å². The summed E-state index contributed by atoms with van der Waals surface area (Å²) in [6.07, 6.45) is 0.889. The van der Waals surface area contributed by atoms with Gasteiger partial charge >= 0.3 is 0 Å². The lowest BCUT2D eigenvalue weighted by Gasteiger charge is -2.25. The average Bonchev–Trinajstić information content (AvgIpc) is 3.39. The van der Waals surface area contributed by atoms with E-state index in [0.717, 1.165) is 23.2 Å². The van der Waals surface area contributed by atoms with Gasteiger partial charge in [0, 0.05) is 29.4 Å². The van der Waals surface area contributed by atoms with Gasteiger partial charge in [-0.15, -0.1) is 11.8 Å². The Balaban J connectivity index is 1.34. The third-order valence-corrected chi connectivity index (χ3v) is 7.32. The third-order valence-electron chi connectivity index (χ3n) is 5.81. The molecule has 1 saturated heterocycles. The highest BCUT2D eigenvalue weighted by Gasteiger charge is 2.33. The second kappa shape index (κ2) is 8.40. The van der Waals surface area contributed by atoms with Crippen LogP contribution in [0.3, 0.4) is 0 Å². The lowest BCUT2D eigenvalue weighted by Crippen LogP contribution is -2.29. The lowest BCUT2D eigenvalue weighted by molar-refractivity contribution is -0.128. The van der Waals surface area contributed by atoms with Crippen molar-refractivity contribution in [1.29, 1.82) is 0 Å². The molecule has 156 valence electrons. The molecule has 3 aromatic carbocycles. The number of rotatable bonds is 4. The fourth-order valence-electron chi connectivity index (χ4n) is 4.18. The summed E-state index contributed by atoms with van der Waals surface area (Å²) in [5, 5.41) is 0.628. The molecule has 0 N–H and O–H groups in total. The number of anilines is 1. The van der Waals surface area contributed by atoms with Crippen LogP contribution in [0.1, 0.15) is 32.4 Å². The Labute approximate surface area is 190 Å². The smallest absolute Gasteiger partial charge is 0.258 e. The first-order valence-electron chi connectivity index (χ1n) is 10.3. The molecular weight excluding hydrogens is 428 g/mol. The van der Waals surface area contributed by atoms with Crippen molar-refractivity contribution in [2.75, 3.05) is 17.2 Å². The van der Waals surface area contributed by atoms with E-state index >= 15 is 0 Å². The van der Waals surface area contributed by atoms with Crippen molar-refractivity contribution in [2.24, 2.45) is 0 Å². The standard InChI is InChI=1S/C25H21ClN2O2S/c26-21-11-5-17(6-12-21)15-28-23(29)16-31-25(28)20-9-7-19(8-10-20)24(30)27-14-13-18-3-1-2-4-22(18)27/h1-12,25H,13-16H2/t25-/m0/s1. The van der Waals surface area contributed by atoms with Crippen LogP contribution in [0, 0.1) is 0 Å². The van der Waals surface area contributed by atoms with E-state index in [1.54, 1.807) is 11.8 Å². The molecule has 2 aliphatic rings. The van der Waals surface area contributed by atoms with Crippen molar-refractivity contribution >= 4 is 40.9 Å². The fraction of sp³-hybridized carbons (Fsp3) is 0.200. The van der Waals surface area contributed by atoms with Crippen molar-refractivity contribution in [3.8, 4) is 0 Å². The first-order chi connectivity index (χ1) is 15.1. The van der Waals surface area contributed by atoms with E-state index in [0.29, 0.717) is 29.4 Å². The highest BCUT2D eigenvalue weighted by molar-refractivity contribution is 8.00. The summed E-state index contributed by atoms with van der Waals surface area (Å²) in [5.74, 6) is 0.604. The minimum atomic E-state index is -0.0557. The van der Waals surface area contributed by atoms with E-state index in [-0.39, 0.29) is 17.2 Å². The Kier molecular flexibility index (Phi) is 5.47. The van der Waals surface area contributed by atoms with E-state index in [1.807, 2.05) is 76.5 Å². The first kappa shape index (κ1) is 20.2. The van der Waals surface area contributed by atoms with Gasteiger partial charge in [0.15, 0.2) is 0 Å². The molecule has 0 unspecified atom stereocenters. The van der Waals surface area contributed by atoms with E-state index in [2.05, 4.69) is 6.07 Å². The minimum absolute atomic E-state index is 0.0182. The normalized spacial score (nSPS) is 17.8. The summed E-state index contributed by atoms with van der Waals surface area (Å²) < 4.78 is 0. The van der Waals surface area contributed by atoms with Crippen LogP contribution in [0.4, 0.5) is 5.69 Å². The molecule has 1 fully saturated rings. The second-order valence-electron chi connectivity index (χ2n) is 7.77. The average molecular weight is 449 g/mol. The molecule has 0 bridgehead atoms. The van der Waals surface area contributed by atoms with Crippen LogP contribution in [0.25, 0.3) is 0 Å². The summed E-state index contributed by atoms with van der Waals surface area (Å²) in [6, 6.07) is 23.4. The quantitative estimate of drug-likeness (QED) is 0.542. The van der Waals surface area contributed by atoms with Crippen LogP contribution in [0.2, 0.25) is 5.02 Å². The zero-order chi connectivity index (χ0) is 21.4. The monoisotopic (exact) mass is 448 g/mol. The van der Waals surface area contributed by atoms with Gasteiger partial charge in [-0.2, -0.15) is 0 Å². The molecular formula is C25H21ClN2O2S. The highest BCUT2D eigenvalue weighted by Crippen LogP contribution is 2.40. The molecule has 6 heteroatoms. The van der Waals surface area contributed by atoms with Crippen LogP contribution >= 0.6 is 23.4 Å². The number of fused-ring (bicyclic) bond motifs is 1. The highest BCUT2D eigenvalue weighted by atomic mass is 35.5.